The molecule has 0 bridgehead atoms. The SMILES string of the molecule is Cc1[nH]c2c(-c3ccccc3)c(C#N)nn2c(=O)c1-c1cnn(C)c1. The molecule has 25 heavy (non-hydrogen) atoms. The summed E-state index contributed by atoms with van der Waals surface area (Å²) in [5.74, 6) is 0. The van der Waals surface area contributed by atoms with E-state index >= 15 is 0 Å². The lowest BCUT2D eigenvalue weighted by molar-refractivity contribution is 0.768. The summed E-state index contributed by atoms with van der Waals surface area (Å²) in [7, 11) is 1.79. The van der Waals surface area contributed by atoms with E-state index in [1.807, 2.05) is 37.3 Å². The Hall–Kier alpha value is -3.66. The lowest BCUT2D eigenvalue weighted by Gasteiger charge is -2.06. The Bertz CT molecular complexity index is 1190. The molecule has 0 unspecified atom stereocenters. The largest absolute Gasteiger partial charge is 0.342 e. The van der Waals surface area contributed by atoms with E-state index in [4.69, 9.17) is 0 Å². The number of nitrogens with one attached hydrogen (secondary N) is 1. The van der Waals surface area contributed by atoms with Crippen molar-refractivity contribution in [2.45, 2.75) is 6.92 Å². The number of aromatic nitrogens is 5. The normalized spacial score (nSPS) is 10.9. The highest BCUT2D eigenvalue weighted by Crippen LogP contribution is 2.28. The van der Waals surface area contributed by atoms with Crippen LogP contribution in [-0.2, 0) is 7.05 Å². The van der Waals surface area contributed by atoms with E-state index in [9.17, 15) is 10.1 Å². The van der Waals surface area contributed by atoms with E-state index in [0.29, 0.717) is 28.0 Å². The summed E-state index contributed by atoms with van der Waals surface area (Å²) in [5, 5.41) is 17.8. The Morgan fingerprint density at radius 3 is 2.56 bits per heavy atom. The fraction of sp³-hybridized carbons (Fsp3) is 0.111. The van der Waals surface area contributed by atoms with E-state index < -0.39 is 0 Å². The second-order valence-corrected chi connectivity index (χ2v) is 5.79. The molecule has 0 radical (unpaired) electrons. The van der Waals surface area contributed by atoms with Crippen LogP contribution in [0.25, 0.3) is 27.9 Å². The second kappa shape index (κ2) is 5.46. The Labute approximate surface area is 142 Å². The predicted octanol–water partition coefficient (Wildman–Crippen LogP) is 2.27. The van der Waals surface area contributed by atoms with Gasteiger partial charge in [0.15, 0.2) is 5.69 Å². The maximum atomic E-state index is 13.0. The van der Waals surface area contributed by atoms with Gasteiger partial charge in [-0.2, -0.15) is 20.0 Å². The molecule has 4 rings (SSSR count). The van der Waals surface area contributed by atoms with Crippen LogP contribution in [0.15, 0.2) is 47.5 Å². The minimum atomic E-state index is -0.280. The van der Waals surface area contributed by atoms with Gasteiger partial charge in [-0.1, -0.05) is 30.3 Å². The van der Waals surface area contributed by atoms with Crippen LogP contribution in [0, 0.1) is 18.3 Å². The van der Waals surface area contributed by atoms with Crippen molar-refractivity contribution in [3.8, 4) is 28.3 Å². The van der Waals surface area contributed by atoms with Crippen LogP contribution >= 0.6 is 0 Å². The Morgan fingerprint density at radius 2 is 1.92 bits per heavy atom. The minimum Gasteiger partial charge on any atom is -0.342 e. The summed E-state index contributed by atoms with van der Waals surface area (Å²) in [6.07, 6.45) is 3.41. The first kappa shape index (κ1) is 14.9. The van der Waals surface area contributed by atoms with Crippen LogP contribution in [0.1, 0.15) is 11.4 Å². The molecule has 7 nitrogen and oxygen atoms in total. The monoisotopic (exact) mass is 330 g/mol. The highest BCUT2D eigenvalue weighted by Gasteiger charge is 2.20. The zero-order valence-electron chi connectivity index (χ0n) is 13.7. The van der Waals surface area contributed by atoms with Gasteiger partial charge in [-0.25, -0.2) is 0 Å². The van der Waals surface area contributed by atoms with Crippen molar-refractivity contribution >= 4 is 5.65 Å². The van der Waals surface area contributed by atoms with E-state index in [0.717, 1.165) is 5.56 Å². The van der Waals surface area contributed by atoms with E-state index in [1.54, 1.807) is 24.1 Å². The second-order valence-electron chi connectivity index (χ2n) is 5.79. The third-order valence-electron chi connectivity index (χ3n) is 4.13. The summed E-state index contributed by atoms with van der Waals surface area (Å²) < 4.78 is 2.90. The minimum absolute atomic E-state index is 0.210. The number of fused-ring (bicyclic) bond motifs is 1. The molecular weight excluding hydrogens is 316 g/mol. The highest BCUT2D eigenvalue weighted by molar-refractivity contribution is 5.82. The van der Waals surface area contributed by atoms with Crippen molar-refractivity contribution in [1.29, 1.82) is 5.26 Å². The van der Waals surface area contributed by atoms with Crippen molar-refractivity contribution in [2.75, 3.05) is 0 Å². The first-order chi connectivity index (χ1) is 12.1. The molecule has 0 atom stereocenters. The van der Waals surface area contributed by atoms with Gasteiger partial charge in [-0.15, -0.1) is 0 Å². The lowest BCUT2D eigenvalue weighted by atomic mass is 10.1. The molecule has 0 spiro atoms. The molecular formula is C18H14N6O. The molecule has 4 aromatic rings. The molecule has 3 aromatic heterocycles. The van der Waals surface area contributed by atoms with Crippen LogP contribution in [0.2, 0.25) is 0 Å². The molecule has 1 aromatic carbocycles. The Kier molecular flexibility index (Phi) is 3.25. The van der Waals surface area contributed by atoms with Gasteiger partial charge in [0.1, 0.15) is 11.7 Å². The van der Waals surface area contributed by atoms with Gasteiger partial charge in [0.25, 0.3) is 5.56 Å². The van der Waals surface area contributed by atoms with E-state index in [2.05, 4.69) is 21.3 Å². The maximum Gasteiger partial charge on any atom is 0.282 e. The smallest absolute Gasteiger partial charge is 0.282 e. The number of rotatable bonds is 2. The standard InChI is InChI=1S/C18H14N6O/c1-11-15(13-9-20-23(2)10-13)18(25)24-17(21-11)16(14(8-19)22-24)12-6-4-3-5-7-12/h3-7,9-10,21H,1-2H3. The van der Waals surface area contributed by atoms with E-state index in [1.165, 1.54) is 4.52 Å². The van der Waals surface area contributed by atoms with Gasteiger partial charge >= 0.3 is 0 Å². The third-order valence-corrected chi connectivity index (χ3v) is 4.13. The molecule has 0 aliphatic carbocycles. The van der Waals surface area contributed by atoms with Gasteiger partial charge in [0.05, 0.1) is 17.3 Å². The number of hydrogen-bond acceptors (Lipinski definition) is 4. The molecule has 0 aliphatic heterocycles. The fourth-order valence-electron chi connectivity index (χ4n) is 3.03. The number of benzene rings is 1. The Morgan fingerprint density at radius 1 is 1.16 bits per heavy atom. The Balaban J connectivity index is 2.08. The first-order valence-electron chi connectivity index (χ1n) is 7.70. The average Bonchev–Trinajstić information content (AvgIpc) is 3.19. The zero-order chi connectivity index (χ0) is 17.6. The predicted molar refractivity (Wildman–Crippen MR) is 92.9 cm³/mol. The van der Waals surface area contributed by atoms with Crippen molar-refractivity contribution in [1.82, 2.24) is 24.4 Å². The molecule has 0 amide bonds. The molecule has 0 saturated heterocycles. The third kappa shape index (κ3) is 2.23. The number of aromatic amines is 1. The molecule has 0 saturated carbocycles. The molecule has 0 fully saturated rings. The van der Waals surface area contributed by atoms with Crippen LogP contribution in [0.5, 0.6) is 0 Å². The number of nitriles is 1. The average molecular weight is 330 g/mol. The number of aryl methyl sites for hydroxylation is 2. The van der Waals surface area contributed by atoms with Gasteiger partial charge in [0, 0.05) is 24.5 Å². The molecule has 1 N–H and O–H groups in total. The van der Waals surface area contributed by atoms with Crippen molar-refractivity contribution in [3.63, 3.8) is 0 Å². The number of H-pyrrole nitrogens is 1. The van der Waals surface area contributed by atoms with Gasteiger partial charge in [-0.05, 0) is 12.5 Å². The number of hydrogen-bond donors (Lipinski definition) is 1. The maximum absolute atomic E-state index is 13.0. The van der Waals surface area contributed by atoms with Gasteiger partial charge in [0.2, 0.25) is 0 Å². The van der Waals surface area contributed by atoms with Crippen LogP contribution < -0.4 is 5.56 Å². The first-order valence-corrected chi connectivity index (χ1v) is 7.70. The summed E-state index contributed by atoms with van der Waals surface area (Å²) in [6, 6.07) is 11.5. The summed E-state index contributed by atoms with van der Waals surface area (Å²) >= 11 is 0. The highest BCUT2D eigenvalue weighted by atomic mass is 16.1. The zero-order valence-corrected chi connectivity index (χ0v) is 13.7. The van der Waals surface area contributed by atoms with Crippen LogP contribution in [0.4, 0.5) is 0 Å². The topological polar surface area (TPSA) is 91.8 Å². The molecule has 7 heteroatoms. The van der Waals surface area contributed by atoms with Gasteiger partial charge < -0.3 is 4.98 Å². The van der Waals surface area contributed by atoms with Crippen LogP contribution in [0.3, 0.4) is 0 Å². The van der Waals surface area contributed by atoms with Crippen molar-refractivity contribution < 1.29 is 0 Å². The molecule has 0 aliphatic rings. The van der Waals surface area contributed by atoms with Crippen molar-refractivity contribution in [3.05, 3.63) is 64.5 Å². The van der Waals surface area contributed by atoms with Crippen LogP contribution in [-0.4, -0.2) is 24.4 Å². The van der Waals surface area contributed by atoms with Gasteiger partial charge in [-0.3, -0.25) is 9.48 Å². The summed E-state index contributed by atoms with van der Waals surface area (Å²) in [5.41, 5.74) is 3.80. The number of nitrogens with zero attached hydrogens (tertiary/aromatic N) is 5. The van der Waals surface area contributed by atoms with E-state index in [-0.39, 0.29) is 11.3 Å². The lowest BCUT2D eigenvalue weighted by Crippen LogP contribution is -2.19. The molecule has 3 heterocycles. The quantitative estimate of drug-likeness (QED) is 0.610. The molecule has 122 valence electrons. The fourth-order valence-corrected chi connectivity index (χ4v) is 3.03. The summed E-state index contributed by atoms with van der Waals surface area (Å²) in [4.78, 5) is 16.2. The summed E-state index contributed by atoms with van der Waals surface area (Å²) in [6.45, 7) is 1.83. The van der Waals surface area contributed by atoms with Crippen molar-refractivity contribution in [2.24, 2.45) is 7.05 Å².